The van der Waals surface area contributed by atoms with Gasteiger partial charge in [0.15, 0.2) is 22.0 Å². The molecule has 0 aromatic rings. The van der Waals surface area contributed by atoms with Crippen molar-refractivity contribution >= 4 is 24.5 Å². The first kappa shape index (κ1) is 7.19. The van der Waals surface area contributed by atoms with E-state index < -0.39 is 8.25 Å². The van der Waals surface area contributed by atoms with Crippen LogP contribution in [-0.4, -0.2) is 0 Å². The first-order chi connectivity index (χ1) is 4.33. The van der Waals surface area contributed by atoms with Gasteiger partial charge in [0.25, 0.3) is 0 Å². The molecule has 0 aromatic carbocycles. The summed E-state index contributed by atoms with van der Waals surface area (Å²) >= 11 is 2.56. The van der Waals surface area contributed by atoms with Crippen LogP contribution in [-0.2, 0) is 12.7 Å². The Kier molecular flexibility index (Phi) is 2.64. The highest BCUT2D eigenvalue weighted by Gasteiger charge is 2.24. The summed E-state index contributed by atoms with van der Waals surface area (Å²) < 4.78 is 19.4. The molecular formula is C4H5BrO3P+. The molecule has 0 aliphatic heterocycles. The topological polar surface area (TPSA) is 35.5 Å². The zero-order chi connectivity index (χ0) is 6.69. The Hall–Kier alpha value is 0.0800. The van der Waals surface area contributed by atoms with Crippen LogP contribution in [0.1, 0.15) is 12.8 Å². The Balaban J connectivity index is 2.24. The maximum Gasteiger partial charge on any atom is 0.762 e. The van der Waals surface area contributed by atoms with Gasteiger partial charge in [-0.2, -0.15) is 0 Å². The second-order valence-electron chi connectivity index (χ2n) is 1.59. The van der Waals surface area contributed by atoms with Crippen molar-refractivity contribution in [2.45, 2.75) is 12.8 Å². The smallest absolute Gasteiger partial charge is 0.234 e. The number of hydrogen-bond donors (Lipinski definition) is 0. The van der Waals surface area contributed by atoms with Gasteiger partial charge in [-0.25, -0.2) is 4.52 Å². The standard InChI is InChI=1S/C4H5BrO3P/c5-8-9(6)7-4-2-1-3-4/h2H,1,3H2/q+1. The number of allylic oxidation sites excluding steroid dienone is 2. The molecule has 0 N–H and O–H groups in total. The molecule has 9 heavy (non-hydrogen) atoms. The fraction of sp³-hybridized carbons (Fsp3) is 0.500. The maximum absolute atomic E-state index is 10.4. The summed E-state index contributed by atoms with van der Waals surface area (Å²) in [6, 6.07) is 0. The average Bonchev–Trinajstić information content (AvgIpc) is 1.78. The largest absolute Gasteiger partial charge is 0.762 e. The molecule has 1 aliphatic carbocycles. The Labute approximate surface area is 62.4 Å². The minimum Gasteiger partial charge on any atom is -0.234 e. The number of rotatable bonds is 3. The zero-order valence-corrected chi connectivity index (χ0v) is 7.02. The van der Waals surface area contributed by atoms with Crippen molar-refractivity contribution in [3.8, 4) is 0 Å². The Morgan fingerprint density at radius 2 is 2.44 bits per heavy atom. The van der Waals surface area contributed by atoms with E-state index in [2.05, 4.69) is 19.9 Å². The summed E-state index contributed by atoms with van der Waals surface area (Å²) in [6.45, 7) is 0. The quantitative estimate of drug-likeness (QED) is 0.674. The van der Waals surface area contributed by atoms with Crippen molar-refractivity contribution in [1.82, 2.24) is 0 Å². The van der Waals surface area contributed by atoms with Crippen molar-refractivity contribution in [1.29, 1.82) is 0 Å². The number of halogens is 1. The summed E-state index contributed by atoms with van der Waals surface area (Å²) in [5, 5.41) is 0. The molecule has 0 aromatic heterocycles. The van der Waals surface area contributed by atoms with Gasteiger partial charge in [0.05, 0.1) is 0 Å². The van der Waals surface area contributed by atoms with E-state index in [1.165, 1.54) is 0 Å². The normalized spacial score (nSPS) is 17.9. The van der Waals surface area contributed by atoms with Gasteiger partial charge >= 0.3 is 8.25 Å². The van der Waals surface area contributed by atoms with E-state index in [0.717, 1.165) is 18.6 Å². The Bertz CT molecular complexity index is 156. The van der Waals surface area contributed by atoms with E-state index in [9.17, 15) is 4.57 Å². The molecule has 0 radical (unpaired) electrons. The van der Waals surface area contributed by atoms with Gasteiger partial charge in [-0.3, -0.25) is 0 Å². The van der Waals surface area contributed by atoms with Gasteiger partial charge < -0.3 is 0 Å². The van der Waals surface area contributed by atoms with E-state index >= 15 is 0 Å². The second-order valence-corrected chi connectivity index (χ2v) is 3.23. The van der Waals surface area contributed by atoms with Gasteiger partial charge in [0.1, 0.15) is 0 Å². The predicted molar refractivity (Wildman–Crippen MR) is 36.0 cm³/mol. The van der Waals surface area contributed by atoms with E-state index in [4.69, 9.17) is 4.52 Å². The van der Waals surface area contributed by atoms with Crippen molar-refractivity contribution in [3.05, 3.63) is 11.8 Å². The van der Waals surface area contributed by atoms with E-state index in [0.29, 0.717) is 0 Å². The molecule has 0 bridgehead atoms. The lowest BCUT2D eigenvalue weighted by Crippen LogP contribution is -1.93. The van der Waals surface area contributed by atoms with Crippen molar-refractivity contribution < 1.29 is 12.7 Å². The first-order valence-electron chi connectivity index (χ1n) is 2.46. The third-order valence-electron chi connectivity index (χ3n) is 1.01. The van der Waals surface area contributed by atoms with Gasteiger partial charge in [0.2, 0.25) is 0 Å². The predicted octanol–water partition coefficient (Wildman–Crippen LogP) is 2.66. The molecule has 3 nitrogen and oxygen atoms in total. The molecule has 1 unspecified atom stereocenters. The van der Waals surface area contributed by atoms with Crippen LogP contribution in [0, 0.1) is 0 Å². The molecular weight excluding hydrogens is 207 g/mol. The summed E-state index contributed by atoms with van der Waals surface area (Å²) in [5.41, 5.74) is 0. The maximum atomic E-state index is 10.4. The summed E-state index contributed by atoms with van der Waals surface area (Å²) in [6.07, 6.45) is 3.76. The van der Waals surface area contributed by atoms with Crippen LogP contribution < -0.4 is 0 Å². The highest BCUT2D eigenvalue weighted by Crippen LogP contribution is 2.34. The highest BCUT2D eigenvalue weighted by molar-refractivity contribution is 9.06. The van der Waals surface area contributed by atoms with Crippen molar-refractivity contribution in [2.24, 2.45) is 0 Å². The second kappa shape index (κ2) is 3.30. The van der Waals surface area contributed by atoms with Gasteiger partial charge in [-0.15, -0.1) is 0 Å². The van der Waals surface area contributed by atoms with Gasteiger partial charge in [-0.05, 0) is 16.1 Å². The SMILES string of the molecule is O=[P+](OBr)OC1=CCC1. The molecule has 0 spiro atoms. The first-order valence-corrected chi connectivity index (χ1v) is 4.20. The third kappa shape index (κ3) is 2.05. The lowest BCUT2D eigenvalue weighted by atomic mass is 10.1. The average molecular weight is 212 g/mol. The minimum atomic E-state index is -1.97. The number of hydrogen-bond acceptors (Lipinski definition) is 3. The zero-order valence-electron chi connectivity index (χ0n) is 4.54. The molecule has 1 rings (SSSR count). The monoisotopic (exact) mass is 211 g/mol. The highest BCUT2D eigenvalue weighted by atomic mass is 79.9. The molecule has 0 saturated heterocycles. The Morgan fingerprint density at radius 3 is 2.78 bits per heavy atom. The minimum absolute atomic E-state index is 0.760. The lowest BCUT2D eigenvalue weighted by Gasteiger charge is -2.04. The molecule has 1 aliphatic rings. The molecule has 50 valence electrons. The van der Waals surface area contributed by atoms with Crippen molar-refractivity contribution in [2.75, 3.05) is 0 Å². The fourth-order valence-electron chi connectivity index (χ4n) is 0.455. The van der Waals surface area contributed by atoms with Gasteiger partial charge in [-0.1, -0.05) is 0 Å². The van der Waals surface area contributed by atoms with Crippen LogP contribution in [0.3, 0.4) is 0 Å². The van der Waals surface area contributed by atoms with Crippen LogP contribution in [0.2, 0.25) is 0 Å². The van der Waals surface area contributed by atoms with Crippen LogP contribution >= 0.6 is 24.5 Å². The molecule has 0 fully saturated rings. The fourth-order valence-corrected chi connectivity index (χ4v) is 1.02. The molecule has 1 atom stereocenters. The van der Waals surface area contributed by atoms with E-state index in [1.54, 1.807) is 0 Å². The summed E-state index contributed by atoms with van der Waals surface area (Å²) in [5.74, 6) is 0.760. The third-order valence-corrected chi connectivity index (χ3v) is 2.22. The summed E-state index contributed by atoms with van der Waals surface area (Å²) in [7, 11) is -1.97. The Morgan fingerprint density at radius 1 is 1.78 bits per heavy atom. The molecule has 0 saturated carbocycles. The molecule has 5 heteroatoms. The van der Waals surface area contributed by atoms with Crippen LogP contribution in [0.4, 0.5) is 0 Å². The van der Waals surface area contributed by atoms with Gasteiger partial charge in [0, 0.05) is 11.0 Å². The van der Waals surface area contributed by atoms with Crippen LogP contribution in [0.25, 0.3) is 0 Å². The molecule has 0 amide bonds. The van der Waals surface area contributed by atoms with Crippen molar-refractivity contribution in [3.63, 3.8) is 0 Å². The summed E-state index contributed by atoms with van der Waals surface area (Å²) in [4.78, 5) is 0. The van der Waals surface area contributed by atoms with Crippen LogP contribution in [0.5, 0.6) is 0 Å². The van der Waals surface area contributed by atoms with Crippen LogP contribution in [0.15, 0.2) is 11.8 Å². The molecule has 0 heterocycles. The van der Waals surface area contributed by atoms with E-state index in [-0.39, 0.29) is 0 Å². The van der Waals surface area contributed by atoms with E-state index in [1.807, 2.05) is 6.08 Å². The lowest BCUT2D eigenvalue weighted by molar-refractivity contribution is 0.347.